The molecule has 3 nitrogen and oxygen atoms in total. The number of likely N-dealkylation sites (tertiary alicyclic amines) is 1. The number of carbonyl (C=O) groups is 1. The van der Waals surface area contributed by atoms with Crippen LogP contribution in [-0.4, -0.2) is 37.5 Å². The molecule has 1 N–H and O–H groups in total. The molecular weight excluding hydrogens is 284 g/mol. The van der Waals surface area contributed by atoms with Crippen molar-refractivity contribution in [2.45, 2.75) is 32.1 Å². The maximum absolute atomic E-state index is 12.1. The van der Waals surface area contributed by atoms with Crippen molar-refractivity contribution in [3.05, 3.63) is 35.9 Å². The Morgan fingerprint density at radius 3 is 2.67 bits per heavy atom. The first-order valence-electron chi connectivity index (χ1n) is 7.73. The topological polar surface area (TPSA) is 32.3 Å². The summed E-state index contributed by atoms with van der Waals surface area (Å²) in [6, 6.07) is 10.8. The van der Waals surface area contributed by atoms with Gasteiger partial charge in [0, 0.05) is 26.1 Å². The minimum absolute atomic E-state index is 0. The number of amides is 1. The molecule has 1 saturated heterocycles. The van der Waals surface area contributed by atoms with Crippen LogP contribution in [0.5, 0.6) is 0 Å². The third-order valence-corrected chi connectivity index (χ3v) is 4.43. The highest BCUT2D eigenvalue weighted by atomic mass is 35.5. The first kappa shape index (κ1) is 18.0. The number of nitrogens with one attached hydrogen (secondary N) is 1. The van der Waals surface area contributed by atoms with Crippen LogP contribution in [0.1, 0.15) is 37.7 Å². The van der Waals surface area contributed by atoms with Gasteiger partial charge in [-0.3, -0.25) is 4.79 Å². The second-order valence-corrected chi connectivity index (χ2v) is 5.67. The van der Waals surface area contributed by atoms with Gasteiger partial charge in [0.1, 0.15) is 0 Å². The molecule has 2 atom stereocenters. The summed E-state index contributed by atoms with van der Waals surface area (Å²) in [5.41, 5.74) is 1.43. The fraction of sp³-hybridized carbons (Fsp3) is 0.588. The molecule has 0 aromatic heterocycles. The molecule has 1 fully saturated rings. The van der Waals surface area contributed by atoms with Gasteiger partial charge in [-0.1, -0.05) is 43.7 Å². The number of nitrogens with zero attached hydrogens (tertiary/aromatic N) is 1. The zero-order valence-electron chi connectivity index (χ0n) is 13.0. The molecule has 1 aromatic carbocycles. The number of benzene rings is 1. The highest BCUT2D eigenvalue weighted by Gasteiger charge is 2.30. The summed E-state index contributed by atoms with van der Waals surface area (Å²) in [6.45, 7) is 4.83. The first-order chi connectivity index (χ1) is 9.76. The second kappa shape index (κ2) is 9.06. The number of hydrogen-bond donors (Lipinski definition) is 1. The lowest BCUT2D eigenvalue weighted by Gasteiger charge is -2.38. The lowest BCUT2D eigenvalue weighted by Crippen LogP contribution is -2.43. The molecule has 2 unspecified atom stereocenters. The maximum Gasteiger partial charge on any atom is 0.223 e. The number of halogens is 1. The van der Waals surface area contributed by atoms with E-state index in [4.69, 9.17) is 0 Å². The van der Waals surface area contributed by atoms with E-state index in [0.717, 1.165) is 32.5 Å². The van der Waals surface area contributed by atoms with Crippen molar-refractivity contribution in [3.63, 3.8) is 0 Å². The Balaban J connectivity index is 0.00000220. The third-order valence-electron chi connectivity index (χ3n) is 4.43. The molecule has 0 aliphatic carbocycles. The Hall–Kier alpha value is -1.06. The minimum Gasteiger partial charge on any atom is -0.342 e. The van der Waals surface area contributed by atoms with Crippen molar-refractivity contribution in [3.8, 4) is 0 Å². The lowest BCUT2D eigenvalue weighted by atomic mass is 9.79. The van der Waals surface area contributed by atoms with Crippen molar-refractivity contribution in [2.24, 2.45) is 5.92 Å². The van der Waals surface area contributed by atoms with E-state index in [0.29, 0.717) is 24.2 Å². The number of piperidine rings is 1. The molecule has 1 aromatic rings. The van der Waals surface area contributed by atoms with Crippen LogP contribution in [0.25, 0.3) is 0 Å². The molecule has 0 bridgehead atoms. The Labute approximate surface area is 134 Å². The van der Waals surface area contributed by atoms with Crippen molar-refractivity contribution >= 4 is 18.3 Å². The monoisotopic (exact) mass is 310 g/mol. The molecule has 1 aliphatic rings. The highest BCUT2D eigenvalue weighted by Crippen LogP contribution is 2.34. The van der Waals surface area contributed by atoms with Crippen LogP contribution in [0.4, 0.5) is 0 Å². The van der Waals surface area contributed by atoms with Crippen LogP contribution in [0.3, 0.4) is 0 Å². The number of carbonyl (C=O) groups excluding carboxylic acids is 1. The van der Waals surface area contributed by atoms with E-state index in [1.54, 1.807) is 0 Å². The average molecular weight is 311 g/mol. The van der Waals surface area contributed by atoms with Gasteiger partial charge in [-0.15, -0.1) is 12.4 Å². The fourth-order valence-corrected chi connectivity index (χ4v) is 3.20. The zero-order valence-corrected chi connectivity index (χ0v) is 13.9. The summed E-state index contributed by atoms with van der Waals surface area (Å²) in [7, 11) is 1.89. The van der Waals surface area contributed by atoms with E-state index in [1.807, 2.05) is 7.05 Å². The van der Waals surface area contributed by atoms with Crippen LogP contribution >= 0.6 is 12.4 Å². The quantitative estimate of drug-likeness (QED) is 0.906. The summed E-state index contributed by atoms with van der Waals surface area (Å²) in [5.74, 6) is 1.49. The largest absolute Gasteiger partial charge is 0.342 e. The Morgan fingerprint density at radius 2 is 2.05 bits per heavy atom. The summed E-state index contributed by atoms with van der Waals surface area (Å²) >= 11 is 0. The van der Waals surface area contributed by atoms with Gasteiger partial charge in [0.05, 0.1) is 0 Å². The molecule has 0 spiro atoms. The standard InChI is InChI=1S/C17H26N2O.ClH/c1-3-14-13-19(17(20)9-11-18-2)12-10-16(14)15-7-5-4-6-8-15;/h4-8,14,16,18H,3,9-13H2,1-2H3;1H. The molecule has 21 heavy (non-hydrogen) atoms. The molecule has 1 aliphatic heterocycles. The zero-order chi connectivity index (χ0) is 14.4. The summed E-state index contributed by atoms with van der Waals surface area (Å²) < 4.78 is 0. The molecule has 118 valence electrons. The first-order valence-corrected chi connectivity index (χ1v) is 7.73. The van der Waals surface area contributed by atoms with E-state index in [2.05, 4.69) is 47.5 Å². The van der Waals surface area contributed by atoms with Crippen molar-refractivity contribution in [1.82, 2.24) is 10.2 Å². The van der Waals surface area contributed by atoms with Crippen molar-refractivity contribution in [2.75, 3.05) is 26.7 Å². The molecule has 0 radical (unpaired) electrons. The van der Waals surface area contributed by atoms with Gasteiger partial charge in [0.2, 0.25) is 5.91 Å². The van der Waals surface area contributed by atoms with Crippen LogP contribution in [0, 0.1) is 5.92 Å². The Bertz CT molecular complexity index is 424. The molecule has 1 heterocycles. The number of hydrogen-bond acceptors (Lipinski definition) is 2. The van der Waals surface area contributed by atoms with Crippen LogP contribution in [0.15, 0.2) is 30.3 Å². The fourth-order valence-electron chi connectivity index (χ4n) is 3.20. The second-order valence-electron chi connectivity index (χ2n) is 5.67. The lowest BCUT2D eigenvalue weighted by molar-refractivity contribution is -0.133. The van der Waals surface area contributed by atoms with Gasteiger partial charge in [0.25, 0.3) is 0 Å². The van der Waals surface area contributed by atoms with E-state index in [1.165, 1.54) is 5.56 Å². The van der Waals surface area contributed by atoms with Crippen molar-refractivity contribution < 1.29 is 4.79 Å². The summed E-state index contributed by atoms with van der Waals surface area (Å²) in [4.78, 5) is 14.2. The molecule has 2 rings (SSSR count). The SMILES string of the molecule is CCC1CN(C(=O)CCNC)CCC1c1ccccc1.Cl. The van der Waals surface area contributed by atoms with E-state index < -0.39 is 0 Å². The van der Waals surface area contributed by atoms with Crippen LogP contribution in [-0.2, 0) is 4.79 Å². The van der Waals surface area contributed by atoms with E-state index in [9.17, 15) is 4.79 Å². The normalized spacial score (nSPS) is 21.7. The van der Waals surface area contributed by atoms with Crippen LogP contribution in [0.2, 0.25) is 0 Å². The van der Waals surface area contributed by atoms with Gasteiger partial charge in [0.15, 0.2) is 0 Å². The molecule has 0 saturated carbocycles. The Morgan fingerprint density at radius 1 is 1.33 bits per heavy atom. The van der Waals surface area contributed by atoms with Crippen LogP contribution < -0.4 is 5.32 Å². The Kier molecular flexibility index (Phi) is 7.76. The van der Waals surface area contributed by atoms with Gasteiger partial charge in [-0.25, -0.2) is 0 Å². The van der Waals surface area contributed by atoms with Gasteiger partial charge in [-0.05, 0) is 30.9 Å². The van der Waals surface area contributed by atoms with Gasteiger partial charge < -0.3 is 10.2 Å². The number of rotatable bonds is 5. The van der Waals surface area contributed by atoms with E-state index in [-0.39, 0.29) is 12.4 Å². The highest BCUT2D eigenvalue weighted by molar-refractivity contribution is 5.85. The molecule has 1 amide bonds. The molecular formula is C17H27ClN2O. The van der Waals surface area contributed by atoms with E-state index >= 15 is 0 Å². The molecule has 4 heteroatoms. The van der Waals surface area contributed by atoms with Gasteiger partial charge >= 0.3 is 0 Å². The predicted molar refractivity (Wildman–Crippen MR) is 90.0 cm³/mol. The summed E-state index contributed by atoms with van der Waals surface area (Å²) in [6.07, 6.45) is 2.84. The summed E-state index contributed by atoms with van der Waals surface area (Å²) in [5, 5.41) is 3.05. The third kappa shape index (κ3) is 4.72. The average Bonchev–Trinajstić information content (AvgIpc) is 2.52. The predicted octanol–water partition coefficient (Wildman–Crippen LogP) is 3.06. The maximum atomic E-state index is 12.1. The smallest absolute Gasteiger partial charge is 0.223 e. The van der Waals surface area contributed by atoms with Gasteiger partial charge in [-0.2, -0.15) is 0 Å². The minimum atomic E-state index is 0. The van der Waals surface area contributed by atoms with Crippen molar-refractivity contribution in [1.29, 1.82) is 0 Å².